The Hall–Kier alpha value is -6.36. The van der Waals surface area contributed by atoms with Gasteiger partial charge in [0.05, 0.1) is 22.0 Å². The van der Waals surface area contributed by atoms with Crippen molar-refractivity contribution in [1.82, 2.24) is 24.5 Å². The molecule has 0 radical (unpaired) electrons. The van der Waals surface area contributed by atoms with Gasteiger partial charge in [0.25, 0.3) is 0 Å². The molecule has 9 fully saturated rings. The van der Waals surface area contributed by atoms with Crippen molar-refractivity contribution in [1.29, 1.82) is 0 Å². The first-order valence-electron chi connectivity index (χ1n) is 55.1. The summed E-state index contributed by atoms with van der Waals surface area (Å²) in [7, 11) is 0. The lowest BCUT2D eigenvalue weighted by Gasteiger charge is -2.65. The highest BCUT2D eigenvalue weighted by Gasteiger charge is 2.75. The van der Waals surface area contributed by atoms with Crippen molar-refractivity contribution < 1.29 is 43.4 Å². The molecule has 5 aromatic rings. The zero-order chi connectivity index (χ0) is 99.9. The number of hydrogen-bond acceptors (Lipinski definition) is 14. The second-order valence-electron chi connectivity index (χ2n) is 55.3. The Kier molecular flexibility index (Phi) is 25.5. The lowest BCUT2D eigenvalue weighted by molar-refractivity contribution is -0.189. The fourth-order valence-electron chi connectivity index (χ4n) is 32.3. The minimum absolute atomic E-state index is 0.0149. The number of piperidine rings is 5. The summed E-state index contributed by atoms with van der Waals surface area (Å²) in [5, 5.41) is 24.8. The summed E-state index contributed by atoms with van der Waals surface area (Å²) >= 11 is 0. The van der Waals surface area contributed by atoms with E-state index in [2.05, 4.69) is 330 Å². The first-order chi connectivity index (χ1) is 64.2. The predicted octanol–water partition coefficient (Wildman–Crippen LogP) is 26.3. The van der Waals surface area contributed by atoms with E-state index in [0.717, 1.165) is 147 Å². The summed E-state index contributed by atoms with van der Waals surface area (Å²) in [4.78, 5) is 13.5. The van der Waals surface area contributed by atoms with E-state index >= 15 is 0 Å². The van der Waals surface area contributed by atoms with E-state index in [1.54, 1.807) is 27.8 Å². The zero-order valence-corrected chi connectivity index (χ0v) is 92.1. The molecule has 4 saturated carbocycles. The van der Waals surface area contributed by atoms with E-state index in [1.165, 1.54) is 130 Å². The van der Waals surface area contributed by atoms with Crippen molar-refractivity contribution in [2.45, 2.75) is 506 Å². The van der Waals surface area contributed by atoms with Gasteiger partial charge >= 0.3 is 0 Å². The van der Waals surface area contributed by atoms with Crippen molar-refractivity contribution in [3.63, 3.8) is 0 Å². The van der Waals surface area contributed by atoms with Gasteiger partial charge in [0.15, 0.2) is 34.5 Å². The molecule has 5 aromatic carbocycles. The lowest BCUT2D eigenvalue weighted by atomic mass is 9.48. The van der Waals surface area contributed by atoms with Crippen molar-refractivity contribution in [3.8, 4) is 40.2 Å². The molecule has 10 bridgehead atoms. The smallest absolute Gasteiger partial charge is 0.166 e. The molecule has 14 heteroatoms. The lowest BCUT2D eigenvalue weighted by Crippen LogP contribution is -2.77. The van der Waals surface area contributed by atoms with Crippen LogP contribution in [0.3, 0.4) is 0 Å². The van der Waals surface area contributed by atoms with E-state index in [-0.39, 0.29) is 80.4 Å². The molecule has 8 aliphatic heterocycles. The molecule has 2 N–H and O–H groups in total. The highest BCUT2D eigenvalue weighted by molar-refractivity contribution is 5.68. The highest BCUT2D eigenvalue weighted by atomic mass is 16.6. The number of fused-ring (bicyclic) bond motifs is 2. The molecular weight excluding hydrogens is 1700 g/mol. The number of nitrogens with zero attached hydrogens (tertiary/aromatic N) is 5. The fourth-order valence-corrected chi connectivity index (χ4v) is 32.3. The molecule has 10 aliphatic carbocycles. The second kappa shape index (κ2) is 34.7. The summed E-state index contributed by atoms with van der Waals surface area (Å²) in [5.74, 6) is 9.64. The summed E-state index contributed by atoms with van der Waals surface area (Å²) < 4.78 is 45.3. The summed E-state index contributed by atoms with van der Waals surface area (Å²) in [6.45, 7) is 85.7. The van der Waals surface area contributed by atoms with Crippen molar-refractivity contribution in [3.05, 3.63) is 170 Å². The molecule has 0 aromatic heterocycles. The number of aliphatic hydroxyl groups is 2. The standard InChI is InChI=1S/2C25H35NO3.C25H35NO2.C24H37NO.C23H35N.C2H6/c2*1-15-10-11-25(27)18-14-16-8-9-17(29-23(5,6)7)20-19(16)24(25,21(15)28-20)12-13-26(18)22(2,3)4;1-15-8-10-17-18-14-16-9-11-19(28-24(5,6)7)21-20(16)25(17,22(15)27-21)12-13-26(18)23(2,3)4;1-22(2,3)25-14-13-24-12-8-7-9-19(24)21(25)15-17-10-11-18(16-20(17)24)26-23(4,5)6;1-16(2)17-9-10-18-15-21-19-8-6-7-11-23(19,20(18)14-17)12-13-24(21)22(3,4)5;1-2/h2*8-9,18,21,27H,1,10-14H2,2-7H3;8-11,15,17-18,22H,12-14H2,1-7H3;10-11,16,19,21H,7-9,12-15H2,1-6H3;9-10,14,16,19,21H,6-8,11-13,15H2,1-5H3;1-2H3/t2*18?,21-,24-,25+;15-,17?,18?,22-,25-;19?,21-,24?;19?,21-,23?;/m00000./s1. The molecule has 138 heavy (non-hydrogen) atoms. The van der Waals surface area contributed by atoms with Crippen LogP contribution in [0.2, 0.25) is 0 Å². The van der Waals surface area contributed by atoms with Gasteiger partial charge < -0.3 is 43.4 Å². The van der Waals surface area contributed by atoms with Crippen LogP contribution in [0.5, 0.6) is 40.2 Å². The molecule has 758 valence electrons. The van der Waals surface area contributed by atoms with Gasteiger partial charge in [-0.3, -0.25) is 24.5 Å². The molecule has 23 rings (SSSR count). The Morgan fingerprint density at radius 2 is 0.754 bits per heavy atom. The number of likely N-dealkylation sites (tertiary alicyclic amines) is 5. The van der Waals surface area contributed by atoms with E-state index in [1.807, 2.05) is 13.8 Å². The third kappa shape index (κ3) is 16.6. The van der Waals surface area contributed by atoms with Gasteiger partial charge in [0.1, 0.15) is 46.5 Å². The molecule has 3 spiro atoms. The van der Waals surface area contributed by atoms with Gasteiger partial charge in [0.2, 0.25) is 0 Å². The van der Waals surface area contributed by atoms with E-state index in [9.17, 15) is 10.2 Å². The Morgan fingerprint density at radius 3 is 1.17 bits per heavy atom. The van der Waals surface area contributed by atoms with Gasteiger partial charge in [-0.25, -0.2) is 0 Å². The summed E-state index contributed by atoms with van der Waals surface area (Å²) in [6, 6.07) is 29.8. The maximum absolute atomic E-state index is 12.4. The Balaban J connectivity index is 0.000000114. The van der Waals surface area contributed by atoms with Gasteiger partial charge in [-0.2, -0.15) is 0 Å². The van der Waals surface area contributed by atoms with Crippen LogP contribution < -0.4 is 33.2 Å². The third-order valence-electron chi connectivity index (χ3n) is 37.2. The molecule has 8 unspecified atom stereocenters. The van der Waals surface area contributed by atoms with Crippen LogP contribution in [0.1, 0.15) is 398 Å². The molecule has 0 amide bonds. The summed E-state index contributed by atoms with van der Waals surface area (Å²) in [5.41, 5.74) is 16.8. The maximum Gasteiger partial charge on any atom is 0.166 e. The maximum atomic E-state index is 12.4. The van der Waals surface area contributed by atoms with Gasteiger partial charge in [-0.1, -0.05) is 128 Å². The fraction of sp³-hybridized carbons (Fsp3) is 0.710. The molecule has 14 nitrogen and oxygen atoms in total. The zero-order valence-electron chi connectivity index (χ0n) is 92.1. The average molecular weight is 1890 g/mol. The first kappa shape index (κ1) is 102. The first-order valence-corrected chi connectivity index (χ1v) is 55.1. The van der Waals surface area contributed by atoms with E-state index in [0.29, 0.717) is 46.2 Å². The van der Waals surface area contributed by atoms with Crippen LogP contribution >= 0.6 is 0 Å². The van der Waals surface area contributed by atoms with Crippen molar-refractivity contribution >= 4 is 0 Å². The van der Waals surface area contributed by atoms with Crippen molar-refractivity contribution in [2.24, 2.45) is 23.7 Å². The minimum Gasteiger partial charge on any atom is -0.488 e. The quantitative estimate of drug-likeness (QED) is 0.162. The molecule has 8 heterocycles. The van der Waals surface area contributed by atoms with Gasteiger partial charge in [-0.15, -0.1) is 0 Å². The van der Waals surface area contributed by atoms with Crippen LogP contribution in [0, 0.1) is 23.7 Å². The Morgan fingerprint density at radius 1 is 0.384 bits per heavy atom. The molecular formula is C124H183N5O9. The highest BCUT2D eigenvalue weighted by Crippen LogP contribution is 2.71. The molecule has 18 aliphatic rings. The number of rotatable bonds is 5. The van der Waals surface area contributed by atoms with E-state index in [4.69, 9.17) is 33.2 Å². The average Bonchev–Trinajstić information content (AvgIpc) is 1.61. The second-order valence-corrected chi connectivity index (χ2v) is 55.3. The number of benzene rings is 5. The molecule has 19 atom stereocenters. The topological polar surface area (TPSA) is 121 Å². The third-order valence-corrected chi connectivity index (χ3v) is 37.2. The van der Waals surface area contributed by atoms with Crippen LogP contribution in [-0.2, 0) is 59.2 Å². The van der Waals surface area contributed by atoms with Crippen LogP contribution in [0.4, 0.5) is 0 Å². The normalized spacial score (nSPS) is 34.3. The number of ether oxygens (including phenoxy) is 7. The monoisotopic (exact) mass is 1890 g/mol. The molecule has 5 saturated heterocycles. The largest absolute Gasteiger partial charge is 0.488 e. The minimum atomic E-state index is -0.803. The number of hydrogen-bond donors (Lipinski definition) is 2. The van der Waals surface area contributed by atoms with Gasteiger partial charge in [0, 0.05) is 116 Å². The SMILES string of the molecule is C=C1CC[C@@]2(O)C3Cc4ccc(OC(C)(C)C)c5c4[C@@]2(CCN3C(C)(C)C)[C@H]1O5.C=C1CC[C@@]2(O)C3Cc4ccc(OC(C)(C)C)c5c4[C@@]2(CCN3C(C)(C)C)[C@H]1O5.CC.CC(C)(C)Oc1ccc2c(c1)C13CCCCC1[C@H](C2)N(C(C)(C)C)CC3.CC(C)c1ccc2c(c1)C13CCCCC1[C@H](C2)N(C(C)(C)C)CC3.C[C@H]1C=CC2C3Cc4ccc(OC(C)(C)C)c5c4[C@@]2(CCN3C(C)(C)C)[C@H]1O5. The van der Waals surface area contributed by atoms with Crippen LogP contribution in [0.15, 0.2) is 109 Å². The van der Waals surface area contributed by atoms with Crippen LogP contribution in [-0.4, -0.2) is 177 Å². The Bertz CT molecular complexity index is 5330. The van der Waals surface area contributed by atoms with Crippen molar-refractivity contribution in [2.75, 3.05) is 32.7 Å². The summed E-state index contributed by atoms with van der Waals surface area (Å²) in [6.07, 6.45) is 30.3. The van der Waals surface area contributed by atoms with Crippen LogP contribution in [0.25, 0.3) is 0 Å². The van der Waals surface area contributed by atoms with E-state index < -0.39 is 22.0 Å². The predicted molar refractivity (Wildman–Crippen MR) is 566 cm³/mol. The van der Waals surface area contributed by atoms with Gasteiger partial charge in [-0.05, 0) is 426 Å². The Labute approximate surface area is 835 Å².